The number of hydrogen-bond donors (Lipinski definition) is 0. The van der Waals surface area contributed by atoms with Crippen LogP contribution < -0.4 is 4.90 Å². The first-order chi connectivity index (χ1) is 15.1. The van der Waals surface area contributed by atoms with E-state index in [0.717, 1.165) is 22.4 Å². The van der Waals surface area contributed by atoms with Crippen molar-refractivity contribution >= 4 is 17.4 Å². The summed E-state index contributed by atoms with van der Waals surface area (Å²) in [6.45, 7) is 0. The molecule has 154 valence electrons. The van der Waals surface area contributed by atoms with Gasteiger partial charge in [0.15, 0.2) is 17.9 Å². The van der Waals surface area contributed by atoms with Gasteiger partial charge in [-0.2, -0.15) is 0 Å². The van der Waals surface area contributed by atoms with Crippen LogP contribution in [0.1, 0.15) is 32.8 Å². The molecule has 0 unspecified atom stereocenters. The lowest BCUT2D eigenvalue weighted by Gasteiger charge is -2.16. The molecule has 4 aromatic rings. The van der Waals surface area contributed by atoms with E-state index in [2.05, 4.69) is 9.97 Å². The van der Waals surface area contributed by atoms with Gasteiger partial charge in [0.05, 0.1) is 0 Å². The molecule has 1 amide bonds. The van der Waals surface area contributed by atoms with Gasteiger partial charge in [-0.15, -0.1) is 0 Å². The highest BCUT2D eigenvalue weighted by Gasteiger charge is 2.16. The summed E-state index contributed by atoms with van der Waals surface area (Å²) < 4.78 is 4.88. The molecule has 31 heavy (non-hydrogen) atoms. The number of rotatable bonds is 7. The molecule has 0 spiro atoms. The second kappa shape index (κ2) is 9.17. The fourth-order valence-electron chi connectivity index (χ4n) is 3.28. The van der Waals surface area contributed by atoms with Crippen LogP contribution in [0.2, 0.25) is 0 Å². The van der Waals surface area contributed by atoms with Gasteiger partial charge in [-0.3, -0.25) is 14.6 Å². The van der Waals surface area contributed by atoms with E-state index in [9.17, 15) is 9.59 Å². The molecule has 0 fully saturated rings. The zero-order valence-electron chi connectivity index (χ0n) is 17.1. The predicted molar refractivity (Wildman–Crippen MR) is 118 cm³/mol. The van der Waals surface area contributed by atoms with Crippen LogP contribution in [-0.2, 0) is 6.42 Å². The minimum atomic E-state index is -0.240. The van der Waals surface area contributed by atoms with Gasteiger partial charge >= 0.3 is 0 Å². The summed E-state index contributed by atoms with van der Waals surface area (Å²) in [6.07, 6.45) is 7.20. The highest BCUT2D eigenvalue weighted by Crippen LogP contribution is 2.24. The van der Waals surface area contributed by atoms with Crippen molar-refractivity contribution in [3.63, 3.8) is 0 Å². The number of benzene rings is 2. The van der Waals surface area contributed by atoms with Crippen molar-refractivity contribution in [2.45, 2.75) is 12.8 Å². The van der Waals surface area contributed by atoms with E-state index in [1.807, 2.05) is 60.7 Å². The SMILES string of the molecule is CN(C(=O)c1cocn1)c1ccc(-c2ccc(C(=O)CCc3cccnc3)cc2)cc1. The van der Waals surface area contributed by atoms with Gasteiger partial charge in [-0.25, -0.2) is 4.98 Å². The lowest BCUT2D eigenvalue weighted by atomic mass is 9.99. The molecule has 6 heteroatoms. The highest BCUT2D eigenvalue weighted by molar-refractivity contribution is 6.04. The van der Waals surface area contributed by atoms with Crippen molar-refractivity contribution in [2.75, 3.05) is 11.9 Å². The second-order valence-electron chi connectivity index (χ2n) is 7.15. The van der Waals surface area contributed by atoms with E-state index in [1.54, 1.807) is 19.4 Å². The Morgan fingerprint density at radius 3 is 2.29 bits per heavy atom. The molecule has 0 N–H and O–H groups in total. The van der Waals surface area contributed by atoms with Crippen LogP contribution in [0, 0.1) is 0 Å². The van der Waals surface area contributed by atoms with Gasteiger partial charge in [0, 0.05) is 37.1 Å². The number of carbonyl (C=O) groups is 2. The lowest BCUT2D eigenvalue weighted by molar-refractivity contribution is 0.0977. The number of aryl methyl sites for hydroxylation is 1. The number of nitrogens with zero attached hydrogens (tertiary/aromatic N) is 3. The van der Waals surface area contributed by atoms with Gasteiger partial charge in [0.2, 0.25) is 0 Å². The number of aromatic nitrogens is 2. The van der Waals surface area contributed by atoms with Crippen molar-refractivity contribution in [3.05, 3.63) is 103 Å². The van der Waals surface area contributed by atoms with Crippen LogP contribution in [-0.4, -0.2) is 28.7 Å². The third-order valence-electron chi connectivity index (χ3n) is 5.11. The van der Waals surface area contributed by atoms with Crippen LogP contribution in [0.5, 0.6) is 0 Å². The molecule has 4 rings (SSSR count). The van der Waals surface area contributed by atoms with E-state index in [4.69, 9.17) is 4.42 Å². The molecule has 0 atom stereocenters. The van der Waals surface area contributed by atoms with Gasteiger partial charge < -0.3 is 9.32 Å². The molecule has 6 nitrogen and oxygen atoms in total. The lowest BCUT2D eigenvalue weighted by Crippen LogP contribution is -2.26. The maximum absolute atomic E-state index is 12.5. The van der Waals surface area contributed by atoms with Gasteiger partial charge in [0.1, 0.15) is 6.26 Å². The van der Waals surface area contributed by atoms with E-state index >= 15 is 0 Å². The molecule has 2 aromatic heterocycles. The van der Waals surface area contributed by atoms with Crippen LogP contribution in [0.4, 0.5) is 5.69 Å². The van der Waals surface area contributed by atoms with Crippen molar-refractivity contribution in [2.24, 2.45) is 0 Å². The summed E-state index contributed by atoms with van der Waals surface area (Å²) in [4.78, 5) is 34.3. The molecule has 0 bridgehead atoms. The van der Waals surface area contributed by atoms with E-state index < -0.39 is 0 Å². The van der Waals surface area contributed by atoms with Crippen molar-refractivity contribution < 1.29 is 14.0 Å². The maximum Gasteiger partial charge on any atom is 0.279 e. The molecule has 0 aliphatic rings. The normalized spacial score (nSPS) is 10.6. The topological polar surface area (TPSA) is 76.3 Å². The Labute approximate surface area is 180 Å². The smallest absolute Gasteiger partial charge is 0.279 e. The molecular weight excluding hydrogens is 390 g/mol. The molecule has 2 heterocycles. The third-order valence-corrected chi connectivity index (χ3v) is 5.11. The molecular formula is C25H21N3O3. The predicted octanol–water partition coefficient (Wildman–Crippen LogP) is 4.83. The van der Waals surface area contributed by atoms with Gasteiger partial charge in [-0.1, -0.05) is 42.5 Å². The highest BCUT2D eigenvalue weighted by atomic mass is 16.3. The summed E-state index contributed by atoms with van der Waals surface area (Å²) in [6, 6.07) is 19.1. The van der Waals surface area contributed by atoms with Gasteiger partial charge in [-0.05, 0) is 41.3 Å². The average Bonchev–Trinajstić information content (AvgIpc) is 3.37. The summed E-state index contributed by atoms with van der Waals surface area (Å²) in [7, 11) is 1.69. The Morgan fingerprint density at radius 1 is 0.968 bits per heavy atom. The van der Waals surface area contributed by atoms with E-state index in [0.29, 0.717) is 18.4 Å². The number of ketones is 1. The molecule has 0 aliphatic heterocycles. The van der Waals surface area contributed by atoms with Crippen LogP contribution in [0.3, 0.4) is 0 Å². The Bertz CT molecular complexity index is 1150. The number of anilines is 1. The van der Waals surface area contributed by atoms with E-state index in [1.165, 1.54) is 17.6 Å². The second-order valence-corrected chi connectivity index (χ2v) is 7.15. The summed E-state index contributed by atoms with van der Waals surface area (Å²) in [5.74, 6) is -0.130. The van der Waals surface area contributed by atoms with E-state index in [-0.39, 0.29) is 17.4 Å². The molecule has 0 aliphatic carbocycles. The monoisotopic (exact) mass is 411 g/mol. The number of amides is 1. The number of oxazole rings is 1. The standard InChI is InChI=1S/C25H21N3O3/c1-28(25(30)23-16-31-17-27-23)22-11-9-20(10-12-22)19-5-7-21(8-6-19)24(29)13-4-18-3-2-14-26-15-18/h2-3,5-12,14-17H,4,13H2,1H3. The first kappa shape index (κ1) is 20.2. The number of pyridine rings is 1. The number of Topliss-reactive ketones (excluding diaryl/α,β-unsaturated/α-hetero) is 1. The minimum Gasteiger partial charge on any atom is -0.451 e. The first-order valence-corrected chi connectivity index (χ1v) is 9.90. The Balaban J connectivity index is 1.40. The Morgan fingerprint density at radius 2 is 1.68 bits per heavy atom. The van der Waals surface area contributed by atoms with Crippen molar-refractivity contribution in [1.29, 1.82) is 0 Å². The third kappa shape index (κ3) is 4.75. The quantitative estimate of drug-likeness (QED) is 0.407. The van der Waals surface area contributed by atoms with Gasteiger partial charge in [0.25, 0.3) is 5.91 Å². The van der Waals surface area contributed by atoms with Crippen LogP contribution in [0.25, 0.3) is 11.1 Å². The largest absolute Gasteiger partial charge is 0.451 e. The Hall–Kier alpha value is -4.06. The number of hydrogen-bond acceptors (Lipinski definition) is 5. The zero-order chi connectivity index (χ0) is 21.6. The summed E-state index contributed by atoms with van der Waals surface area (Å²) in [5.41, 5.74) is 4.76. The number of carbonyl (C=O) groups excluding carboxylic acids is 2. The zero-order valence-corrected chi connectivity index (χ0v) is 17.1. The van der Waals surface area contributed by atoms with Crippen molar-refractivity contribution in [3.8, 4) is 11.1 Å². The minimum absolute atomic E-state index is 0.110. The summed E-state index contributed by atoms with van der Waals surface area (Å²) >= 11 is 0. The Kier molecular flexibility index (Phi) is 5.98. The fourth-order valence-corrected chi connectivity index (χ4v) is 3.28. The van der Waals surface area contributed by atoms with Crippen LogP contribution in [0.15, 0.2) is 90.1 Å². The maximum atomic E-state index is 12.5. The first-order valence-electron chi connectivity index (χ1n) is 9.90. The fraction of sp³-hybridized carbons (Fsp3) is 0.120. The van der Waals surface area contributed by atoms with Crippen molar-refractivity contribution in [1.82, 2.24) is 9.97 Å². The molecule has 0 saturated heterocycles. The molecule has 0 radical (unpaired) electrons. The average molecular weight is 411 g/mol. The molecule has 0 saturated carbocycles. The van der Waals surface area contributed by atoms with Crippen LogP contribution >= 0.6 is 0 Å². The molecule has 2 aromatic carbocycles. The summed E-state index contributed by atoms with van der Waals surface area (Å²) in [5, 5.41) is 0.